The quantitative estimate of drug-likeness (QED) is 0.379. The van der Waals surface area contributed by atoms with Gasteiger partial charge in [0.25, 0.3) is 0 Å². The Hall–Kier alpha value is -4.06. The van der Waals surface area contributed by atoms with E-state index in [2.05, 4.69) is 34.6 Å². The van der Waals surface area contributed by atoms with Gasteiger partial charge in [-0.05, 0) is 40.3 Å². The zero-order valence-electron chi connectivity index (χ0n) is 18.0. The van der Waals surface area contributed by atoms with E-state index in [1.165, 1.54) is 0 Å². The zero-order valence-corrected chi connectivity index (χ0v) is 18.0. The third-order valence-corrected chi connectivity index (χ3v) is 6.33. The number of ether oxygens (including phenoxy) is 1. The van der Waals surface area contributed by atoms with Crippen molar-refractivity contribution in [3.8, 4) is 11.1 Å². The van der Waals surface area contributed by atoms with Crippen molar-refractivity contribution in [3.63, 3.8) is 0 Å². The van der Waals surface area contributed by atoms with Crippen LogP contribution in [-0.4, -0.2) is 35.3 Å². The number of carbonyl (C=O) groups is 2. The summed E-state index contributed by atoms with van der Waals surface area (Å²) in [5, 5.41) is 13.3. The minimum Gasteiger partial charge on any atom is -0.481 e. The Labute approximate surface area is 191 Å². The molecule has 1 aliphatic carbocycles. The lowest BCUT2D eigenvalue weighted by molar-refractivity contribution is -0.141. The summed E-state index contributed by atoms with van der Waals surface area (Å²) < 4.78 is 5.53. The first kappa shape index (κ1) is 20.8. The molecule has 0 spiro atoms. The monoisotopic (exact) mass is 440 g/mol. The van der Waals surface area contributed by atoms with E-state index in [0.717, 1.165) is 38.7 Å². The van der Waals surface area contributed by atoms with E-state index in [9.17, 15) is 14.7 Å². The molecule has 0 unspecified atom stereocenters. The van der Waals surface area contributed by atoms with Gasteiger partial charge in [-0.2, -0.15) is 0 Å². The van der Waals surface area contributed by atoms with E-state index < -0.39 is 18.0 Å². The number of rotatable bonds is 7. The maximum atomic E-state index is 12.4. The van der Waals surface area contributed by atoms with Crippen molar-refractivity contribution < 1.29 is 19.4 Å². The van der Waals surface area contributed by atoms with Gasteiger partial charge in [0.1, 0.15) is 6.61 Å². The second-order valence-electron chi connectivity index (χ2n) is 8.31. The molecule has 1 aliphatic rings. The molecule has 0 fully saturated rings. The second kappa shape index (κ2) is 8.82. The highest BCUT2D eigenvalue weighted by Gasteiger charge is 2.29. The molecule has 4 aromatic rings. The van der Waals surface area contributed by atoms with Crippen LogP contribution in [0.2, 0.25) is 0 Å². The smallest absolute Gasteiger partial charge is 0.407 e. The fourth-order valence-corrected chi connectivity index (χ4v) is 4.67. The third kappa shape index (κ3) is 4.07. The lowest BCUT2D eigenvalue weighted by atomic mass is 9.98. The first-order valence-electron chi connectivity index (χ1n) is 11.0. The SMILES string of the molecule is O=C(NC[C@@H](Cc1c[nH]c2ccccc12)C(=O)O)OCC1c2ccccc2-c2ccccc21. The van der Waals surface area contributed by atoms with E-state index in [0.29, 0.717) is 6.42 Å². The van der Waals surface area contributed by atoms with Gasteiger partial charge in [0, 0.05) is 29.6 Å². The van der Waals surface area contributed by atoms with Crippen LogP contribution in [0.1, 0.15) is 22.6 Å². The second-order valence-corrected chi connectivity index (χ2v) is 8.31. The summed E-state index contributed by atoms with van der Waals surface area (Å²) in [5.41, 5.74) is 6.45. The first-order chi connectivity index (χ1) is 16.1. The molecule has 6 heteroatoms. The molecule has 1 atom stereocenters. The Morgan fingerprint density at radius 3 is 2.27 bits per heavy atom. The number of aromatic amines is 1. The number of alkyl carbamates (subject to hydrolysis) is 1. The normalized spacial score (nSPS) is 13.3. The third-order valence-electron chi connectivity index (χ3n) is 6.33. The number of carboxylic acids is 1. The number of aliphatic carboxylic acids is 1. The fraction of sp³-hybridized carbons (Fsp3) is 0.185. The van der Waals surface area contributed by atoms with Crippen LogP contribution in [0.5, 0.6) is 0 Å². The molecule has 0 bridgehead atoms. The van der Waals surface area contributed by atoms with Gasteiger partial charge in [0.05, 0.1) is 5.92 Å². The van der Waals surface area contributed by atoms with Crippen LogP contribution in [0.25, 0.3) is 22.0 Å². The Bertz CT molecular complexity index is 1280. The number of hydrogen-bond donors (Lipinski definition) is 3. The average molecular weight is 440 g/mol. The van der Waals surface area contributed by atoms with Gasteiger partial charge >= 0.3 is 12.1 Å². The molecule has 33 heavy (non-hydrogen) atoms. The maximum Gasteiger partial charge on any atom is 0.407 e. The number of carboxylic acid groups (broad SMARTS) is 1. The van der Waals surface area contributed by atoms with Gasteiger partial charge in [-0.25, -0.2) is 4.79 Å². The number of nitrogens with one attached hydrogen (secondary N) is 2. The average Bonchev–Trinajstić information content (AvgIpc) is 3.39. The van der Waals surface area contributed by atoms with Crippen molar-refractivity contribution in [3.05, 3.63) is 95.7 Å². The number of fused-ring (bicyclic) bond motifs is 4. The number of hydrogen-bond acceptors (Lipinski definition) is 3. The summed E-state index contributed by atoms with van der Waals surface area (Å²) in [4.78, 5) is 27.4. The van der Waals surface area contributed by atoms with Gasteiger partial charge in [0.15, 0.2) is 0 Å². The number of carbonyl (C=O) groups excluding carboxylic acids is 1. The standard InChI is InChI=1S/C27H24N2O4/c30-26(31)18(13-17-14-28-25-12-6-5-7-19(17)25)15-29-27(32)33-16-24-22-10-3-1-8-20(22)21-9-2-4-11-23(21)24/h1-12,14,18,24,28H,13,15-16H2,(H,29,32)(H,30,31)/t18-/m1/s1. The molecule has 0 radical (unpaired) electrons. The molecule has 3 N–H and O–H groups in total. The molecule has 166 valence electrons. The molecule has 0 saturated heterocycles. The molecular weight excluding hydrogens is 416 g/mol. The summed E-state index contributed by atoms with van der Waals surface area (Å²) in [7, 11) is 0. The summed E-state index contributed by atoms with van der Waals surface area (Å²) in [5.74, 6) is -1.76. The number of para-hydroxylation sites is 1. The highest BCUT2D eigenvalue weighted by molar-refractivity contribution is 5.84. The van der Waals surface area contributed by atoms with Crippen LogP contribution in [-0.2, 0) is 16.0 Å². The first-order valence-corrected chi connectivity index (χ1v) is 11.0. The van der Waals surface area contributed by atoms with Gasteiger partial charge in [-0.15, -0.1) is 0 Å². The molecule has 3 aromatic carbocycles. The number of aromatic nitrogens is 1. The molecule has 1 amide bonds. The van der Waals surface area contributed by atoms with Gasteiger partial charge in [0.2, 0.25) is 0 Å². The zero-order chi connectivity index (χ0) is 22.8. The van der Waals surface area contributed by atoms with Crippen molar-refractivity contribution in [2.45, 2.75) is 12.3 Å². The van der Waals surface area contributed by atoms with E-state index in [4.69, 9.17) is 4.74 Å². The Balaban J connectivity index is 1.22. The van der Waals surface area contributed by atoms with E-state index in [1.54, 1.807) is 0 Å². The topological polar surface area (TPSA) is 91.4 Å². The minimum atomic E-state index is -0.959. The lowest BCUT2D eigenvalue weighted by Crippen LogP contribution is -2.35. The largest absolute Gasteiger partial charge is 0.481 e. The highest BCUT2D eigenvalue weighted by atomic mass is 16.5. The summed E-state index contributed by atoms with van der Waals surface area (Å²) >= 11 is 0. The molecule has 5 rings (SSSR count). The van der Waals surface area contributed by atoms with Crippen molar-refractivity contribution >= 4 is 23.0 Å². The van der Waals surface area contributed by atoms with Crippen molar-refractivity contribution in [2.24, 2.45) is 5.92 Å². The Morgan fingerprint density at radius 1 is 0.939 bits per heavy atom. The van der Waals surface area contributed by atoms with Gasteiger partial charge < -0.3 is 20.1 Å². The number of benzene rings is 3. The Kier molecular flexibility index (Phi) is 5.57. The van der Waals surface area contributed by atoms with Crippen molar-refractivity contribution in [2.75, 3.05) is 13.2 Å². The van der Waals surface area contributed by atoms with E-state index in [1.807, 2.05) is 54.7 Å². The lowest BCUT2D eigenvalue weighted by Gasteiger charge is -2.16. The van der Waals surface area contributed by atoms with Crippen LogP contribution in [0.15, 0.2) is 79.0 Å². The van der Waals surface area contributed by atoms with Gasteiger partial charge in [-0.1, -0.05) is 66.7 Å². The molecular formula is C27H24N2O4. The summed E-state index contributed by atoms with van der Waals surface area (Å²) in [6.07, 6.45) is 1.53. The molecule has 0 saturated carbocycles. The maximum absolute atomic E-state index is 12.4. The van der Waals surface area contributed by atoms with Crippen LogP contribution < -0.4 is 5.32 Å². The van der Waals surface area contributed by atoms with Crippen molar-refractivity contribution in [1.29, 1.82) is 0 Å². The fourth-order valence-electron chi connectivity index (χ4n) is 4.67. The number of H-pyrrole nitrogens is 1. The van der Waals surface area contributed by atoms with Crippen LogP contribution in [0.4, 0.5) is 4.79 Å². The summed E-state index contributed by atoms with van der Waals surface area (Å²) in [6.45, 7) is 0.186. The predicted molar refractivity (Wildman–Crippen MR) is 126 cm³/mol. The van der Waals surface area contributed by atoms with Crippen molar-refractivity contribution in [1.82, 2.24) is 10.3 Å². The van der Waals surface area contributed by atoms with E-state index >= 15 is 0 Å². The molecule has 0 aliphatic heterocycles. The van der Waals surface area contributed by atoms with Crippen LogP contribution in [0, 0.1) is 5.92 Å². The van der Waals surface area contributed by atoms with Crippen LogP contribution >= 0.6 is 0 Å². The molecule has 6 nitrogen and oxygen atoms in total. The molecule has 1 aromatic heterocycles. The predicted octanol–water partition coefficient (Wildman–Crippen LogP) is 4.95. The summed E-state index contributed by atoms with van der Waals surface area (Å²) in [6, 6.07) is 24.0. The van der Waals surface area contributed by atoms with Gasteiger partial charge in [-0.3, -0.25) is 4.79 Å². The Morgan fingerprint density at radius 2 is 1.58 bits per heavy atom. The molecule has 1 heterocycles. The highest BCUT2D eigenvalue weighted by Crippen LogP contribution is 2.44. The minimum absolute atomic E-state index is 0.00842. The van der Waals surface area contributed by atoms with E-state index in [-0.39, 0.29) is 19.1 Å². The van der Waals surface area contributed by atoms with Crippen LogP contribution in [0.3, 0.4) is 0 Å². The number of amides is 1.